The predicted molar refractivity (Wildman–Crippen MR) is 50.2 cm³/mol. The second-order valence-corrected chi connectivity index (χ2v) is 3.52. The van der Waals surface area contributed by atoms with Crippen LogP contribution in [-0.4, -0.2) is 46.9 Å². The summed E-state index contributed by atoms with van der Waals surface area (Å²) in [5.74, 6) is -1.64. The summed E-state index contributed by atoms with van der Waals surface area (Å²) in [6, 6.07) is -0.665. The van der Waals surface area contributed by atoms with Gasteiger partial charge in [-0.3, -0.25) is 4.79 Å². The molecule has 1 fully saturated rings. The number of hydrogen-bond acceptors (Lipinski definition) is 5. The van der Waals surface area contributed by atoms with Crippen molar-refractivity contribution in [1.82, 2.24) is 5.32 Å². The first-order valence-corrected chi connectivity index (χ1v) is 4.89. The van der Waals surface area contributed by atoms with Gasteiger partial charge in [-0.15, -0.1) is 0 Å². The van der Waals surface area contributed by atoms with E-state index in [9.17, 15) is 9.59 Å². The van der Waals surface area contributed by atoms with E-state index < -0.39 is 30.2 Å². The van der Waals surface area contributed by atoms with E-state index in [2.05, 4.69) is 5.32 Å². The van der Waals surface area contributed by atoms with E-state index >= 15 is 0 Å². The Bertz CT molecular complexity index is 255. The molecule has 1 aliphatic heterocycles. The van der Waals surface area contributed by atoms with Crippen molar-refractivity contribution >= 4 is 11.9 Å². The number of ether oxygens (including phenoxy) is 1. The Balaban J connectivity index is 2.36. The standard InChI is InChI=1S/C9H15NO5/c1-2-7(11)9(14)15-5-3-6(8(12)13)10-4-5/h5-7,10-11H,2-4H2,1H3,(H,12,13)/t5-,6+,7?/m1/s1. The molecule has 1 heterocycles. The minimum Gasteiger partial charge on any atom is -0.480 e. The highest BCUT2D eigenvalue weighted by Gasteiger charge is 2.32. The van der Waals surface area contributed by atoms with Crippen LogP contribution in [0.3, 0.4) is 0 Å². The number of esters is 1. The van der Waals surface area contributed by atoms with E-state index in [1.807, 2.05) is 0 Å². The van der Waals surface area contributed by atoms with Crippen molar-refractivity contribution in [2.24, 2.45) is 0 Å². The number of carbonyl (C=O) groups is 2. The van der Waals surface area contributed by atoms with Crippen LogP contribution in [0.2, 0.25) is 0 Å². The van der Waals surface area contributed by atoms with Crippen LogP contribution in [0.5, 0.6) is 0 Å². The van der Waals surface area contributed by atoms with Gasteiger partial charge in [0.05, 0.1) is 0 Å². The van der Waals surface area contributed by atoms with Crippen LogP contribution >= 0.6 is 0 Å². The van der Waals surface area contributed by atoms with Gasteiger partial charge >= 0.3 is 11.9 Å². The first kappa shape index (κ1) is 11.9. The SMILES string of the molecule is CCC(O)C(=O)O[C@H]1CN[C@H](C(=O)O)C1. The van der Waals surface area contributed by atoms with Crippen molar-refractivity contribution in [3.63, 3.8) is 0 Å². The predicted octanol–water partition coefficient (Wildman–Crippen LogP) is -0.884. The minimum atomic E-state index is -1.12. The summed E-state index contributed by atoms with van der Waals surface area (Å²) in [5, 5.41) is 20.5. The van der Waals surface area contributed by atoms with E-state index in [-0.39, 0.29) is 6.42 Å². The summed E-state index contributed by atoms with van der Waals surface area (Å²) < 4.78 is 4.93. The summed E-state index contributed by atoms with van der Waals surface area (Å²) in [7, 11) is 0. The van der Waals surface area contributed by atoms with Crippen molar-refractivity contribution < 1.29 is 24.5 Å². The fourth-order valence-electron chi connectivity index (χ4n) is 1.39. The molecule has 1 rings (SSSR count). The lowest BCUT2D eigenvalue weighted by Crippen LogP contribution is -2.30. The lowest BCUT2D eigenvalue weighted by Gasteiger charge is -2.13. The number of hydrogen-bond donors (Lipinski definition) is 3. The highest BCUT2D eigenvalue weighted by atomic mass is 16.6. The van der Waals surface area contributed by atoms with E-state index in [0.717, 1.165) is 0 Å². The fraction of sp³-hybridized carbons (Fsp3) is 0.778. The van der Waals surface area contributed by atoms with Gasteiger partial charge in [0, 0.05) is 13.0 Å². The highest BCUT2D eigenvalue weighted by molar-refractivity contribution is 5.75. The van der Waals surface area contributed by atoms with E-state index in [0.29, 0.717) is 13.0 Å². The summed E-state index contributed by atoms with van der Waals surface area (Å²) in [6.45, 7) is 1.98. The van der Waals surface area contributed by atoms with Crippen molar-refractivity contribution in [1.29, 1.82) is 0 Å². The average Bonchev–Trinajstić information content (AvgIpc) is 2.65. The molecule has 3 atom stereocenters. The van der Waals surface area contributed by atoms with Gasteiger partial charge in [0.25, 0.3) is 0 Å². The molecule has 0 radical (unpaired) electrons. The van der Waals surface area contributed by atoms with E-state index in [1.165, 1.54) is 0 Å². The molecule has 0 spiro atoms. The monoisotopic (exact) mass is 217 g/mol. The molecule has 15 heavy (non-hydrogen) atoms. The number of carbonyl (C=O) groups excluding carboxylic acids is 1. The zero-order valence-corrected chi connectivity index (χ0v) is 8.47. The second-order valence-electron chi connectivity index (χ2n) is 3.52. The highest BCUT2D eigenvalue weighted by Crippen LogP contribution is 2.11. The number of nitrogens with one attached hydrogen (secondary N) is 1. The largest absolute Gasteiger partial charge is 0.480 e. The maximum Gasteiger partial charge on any atom is 0.335 e. The Morgan fingerprint density at radius 1 is 1.60 bits per heavy atom. The third-order valence-corrected chi connectivity index (χ3v) is 2.33. The van der Waals surface area contributed by atoms with Crippen LogP contribution in [0.15, 0.2) is 0 Å². The molecule has 6 nitrogen and oxygen atoms in total. The Morgan fingerprint density at radius 2 is 2.27 bits per heavy atom. The zero-order valence-electron chi connectivity index (χ0n) is 8.47. The molecule has 1 unspecified atom stereocenters. The van der Waals surface area contributed by atoms with E-state index in [1.54, 1.807) is 6.92 Å². The van der Waals surface area contributed by atoms with Gasteiger partial charge in [-0.2, -0.15) is 0 Å². The molecule has 0 aromatic rings. The van der Waals surface area contributed by atoms with Gasteiger partial charge in [0.2, 0.25) is 0 Å². The molecular weight excluding hydrogens is 202 g/mol. The molecule has 0 bridgehead atoms. The molecule has 0 aliphatic carbocycles. The lowest BCUT2D eigenvalue weighted by molar-refractivity contribution is -0.158. The van der Waals surface area contributed by atoms with Gasteiger partial charge in [-0.05, 0) is 6.42 Å². The third kappa shape index (κ3) is 3.17. The number of rotatable bonds is 4. The van der Waals surface area contributed by atoms with Crippen molar-refractivity contribution in [3.8, 4) is 0 Å². The maximum atomic E-state index is 11.2. The summed E-state index contributed by atoms with van der Waals surface area (Å²) in [5.41, 5.74) is 0. The molecule has 0 aromatic carbocycles. The lowest BCUT2D eigenvalue weighted by atomic mass is 10.2. The Kier molecular flexibility index (Phi) is 4.05. The molecule has 86 valence electrons. The number of aliphatic hydroxyl groups is 1. The Labute approximate surface area is 87.2 Å². The first-order chi connectivity index (χ1) is 7.04. The number of aliphatic hydroxyl groups excluding tert-OH is 1. The molecule has 0 amide bonds. The summed E-state index contributed by atoms with van der Waals surface area (Å²) in [4.78, 5) is 21.7. The fourth-order valence-corrected chi connectivity index (χ4v) is 1.39. The van der Waals surface area contributed by atoms with Crippen LogP contribution in [0.25, 0.3) is 0 Å². The summed E-state index contributed by atoms with van der Waals surface area (Å²) >= 11 is 0. The van der Waals surface area contributed by atoms with Gasteiger partial charge in [-0.25, -0.2) is 4.79 Å². The number of aliphatic carboxylic acids is 1. The van der Waals surface area contributed by atoms with Gasteiger partial charge < -0.3 is 20.3 Å². The van der Waals surface area contributed by atoms with Gasteiger partial charge in [0.1, 0.15) is 12.1 Å². The van der Waals surface area contributed by atoms with Crippen molar-refractivity contribution in [2.75, 3.05) is 6.54 Å². The summed E-state index contributed by atoms with van der Waals surface area (Å²) in [6.07, 6.45) is -1.03. The third-order valence-electron chi connectivity index (χ3n) is 2.33. The molecule has 6 heteroatoms. The Hall–Kier alpha value is -1.14. The van der Waals surface area contributed by atoms with Crippen molar-refractivity contribution in [3.05, 3.63) is 0 Å². The minimum absolute atomic E-state index is 0.248. The number of carboxylic acid groups (broad SMARTS) is 1. The second kappa shape index (κ2) is 5.09. The van der Waals surface area contributed by atoms with Gasteiger partial charge in [-0.1, -0.05) is 6.92 Å². The quantitative estimate of drug-likeness (QED) is 0.529. The van der Waals surface area contributed by atoms with Crippen LogP contribution in [0.4, 0.5) is 0 Å². The van der Waals surface area contributed by atoms with Crippen LogP contribution < -0.4 is 5.32 Å². The average molecular weight is 217 g/mol. The van der Waals surface area contributed by atoms with E-state index in [4.69, 9.17) is 14.9 Å². The topological polar surface area (TPSA) is 95.9 Å². The molecular formula is C9H15NO5. The molecule has 3 N–H and O–H groups in total. The maximum absolute atomic E-state index is 11.2. The number of carboxylic acids is 1. The molecule has 0 aromatic heterocycles. The zero-order chi connectivity index (χ0) is 11.4. The van der Waals surface area contributed by atoms with Gasteiger partial charge in [0.15, 0.2) is 6.10 Å². The van der Waals surface area contributed by atoms with Crippen LogP contribution in [0, 0.1) is 0 Å². The molecule has 1 aliphatic rings. The molecule has 1 saturated heterocycles. The normalized spacial score (nSPS) is 27.3. The molecule has 0 saturated carbocycles. The van der Waals surface area contributed by atoms with Crippen LogP contribution in [-0.2, 0) is 14.3 Å². The van der Waals surface area contributed by atoms with Crippen LogP contribution in [0.1, 0.15) is 19.8 Å². The first-order valence-electron chi connectivity index (χ1n) is 4.89. The Morgan fingerprint density at radius 3 is 2.73 bits per heavy atom. The van der Waals surface area contributed by atoms with Crippen molar-refractivity contribution in [2.45, 2.75) is 38.0 Å². The smallest absolute Gasteiger partial charge is 0.335 e.